The van der Waals surface area contributed by atoms with Gasteiger partial charge in [0, 0.05) is 35.3 Å². The van der Waals surface area contributed by atoms with E-state index in [1.165, 1.54) is 28.8 Å². The number of nitrogens with zero attached hydrogens (tertiary/aromatic N) is 2. The molecule has 1 unspecified atom stereocenters. The Morgan fingerprint density at radius 1 is 1.24 bits per heavy atom. The molecule has 0 bridgehead atoms. The van der Waals surface area contributed by atoms with E-state index in [-0.39, 0.29) is 24.0 Å². The zero-order valence-electron chi connectivity index (χ0n) is 16.5. The third-order valence-electron chi connectivity index (χ3n) is 4.09. The van der Waals surface area contributed by atoms with Crippen LogP contribution in [0, 0.1) is 10.1 Å². The maximum atomic E-state index is 12.7. The Kier molecular flexibility index (Phi) is 8.02. The number of likely N-dealkylation sites (N-methyl/N-ethyl adjacent to an activating group) is 1. The quantitative estimate of drug-likeness (QED) is 0.380. The lowest BCUT2D eigenvalue weighted by Crippen LogP contribution is -2.41. The number of non-ortho nitro benzene ring substituents is 1. The van der Waals surface area contributed by atoms with Gasteiger partial charge in [0.05, 0.1) is 23.8 Å². The molecule has 0 radical (unpaired) electrons. The number of hydrogen-bond donors (Lipinski definition) is 1. The smallest absolute Gasteiger partial charge is 0.269 e. The molecule has 0 saturated heterocycles. The highest BCUT2D eigenvalue weighted by Crippen LogP contribution is 2.26. The maximum Gasteiger partial charge on any atom is 0.269 e. The second-order valence-corrected chi connectivity index (χ2v) is 7.56. The van der Waals surface area contributed by atoms with Crippen LogP contribution in [0.4, 0.5) is 11.4 Å². The van der Waals surface area contributed by atoms with Gasteiger partial charge < -0.3 is 15.0 Å². The molecule has 2 aromatic carbocycles. The van der Waals surface area contributed by atoms with E-state index in [1.807, 2.05) is 0 Å². The minimum Gasteiger partial charge on any atom is -0.497 e. The van der Waals surface area contributed by atoms with Crippen LogP contribution < -0.4 is 10.1 Å². The molecule has 0 fully saturated rings. The summed E-state index contributed by atoms with van der Waals surface area (Å²) in [4.78, 5) is 37.6. The average molecular weight is 417 g/mol. The van der Waals surface area contributed by atoms with Gasteiger partial charge in [-0.25, -0.2) is 0 Å². The van der Waals surface area contributed by atoms with Crippen molar-refractivity contribution in [2.24, 2.45) is 0 Å². The molecular formula is C20H23N3O5S. The predicted molar refractivity (Wildman–Crippen MR) is 112 cm³/mol. The van der Waals surface area contributed by atoms with E-state index < -0.39 is 10.2 Å². The summed E-state index contributed by atoms with van der Waals surface area (Å²) in [7, 11) is 1.54. The summed E-state index contributed by atoms with van der Waals surface area (Å²) in [6.07, 6.45) is 0. The van der Waals surface area contributed by atoms with Crippen LogP contribution in [0.5, 0.6) is 5.75 Å². The predicted octanol–water partition coefficient (Wildman–Crippen LogP) is 3.57. The Balaban J connectivity index is 1.95. The number of amides is 2. The van der Waals surface area contributed by atoms with Gasteiger partial charge in [-0.1, -0.05) is 6.07 Å². The molecule has 0 aliphatic carbocycles. The van der Waals surface area contributed by atoms with E-state index in [9.17, 15) is 19.7 Å². The molecule has 0 saturated carbocycles. The van der Waals surface area contributed by atoms with Crippen LogP contribution in [-0.4, -0.2) is 47.1 Å². The number of ether oxygens (including phenoxy) is 1. The van der Waals surface area contributed by atoms with Gasteiger partial charge in [-0.2, -0.15) is 0 Å². The number of carbonyl (C=O) groups is 2. The number of thioether (sulfide) groups is 1. The average Bonchev–Trinajstić information content (AvgIpc) is 2.71. The van der Waals surface area contributed by atoms with Crippen LogP contribution in [0.2, 0.25) is 0 Å². The summed E-state index contributed by atoms with van der Waals surface area (Å²) in [5, 5.41) is 13.0. The van der Waals surface area contributed by atoms with Crippen molar-refractivity contribution in [2.75, 3.05) is 25.5 Å². The molecule has 2 aromatic rings. The number of benzene rings is 2. The van der Waals surface area contributed by atoms with E-state index in [4.69, 9.17) is 4.74 Å². The first-order valence-corrected chi connectivity index (χ1v) is 9.85. The monoisotopic (exact) mass is 417 g/mol. The lowest BCUT2D eigenvalue weighted by Gasteiger charge is -2.23. The number of nitro benzene ring substituents is 1. The number of nitrogens with one attached hydrogen (secondary N) is 1. The van der Waals surface area contributed by atoms with E-state index in [2.05, 4.69) is 5.32 Å². The number of nitro groups is 1. The van der Waals surface area contributed by atoms with Gasteiger partial charge >= 0.3 is 0 Å². The van der Waals surface area contributed by atoms with Gasteiger partial charge in [-0.15, -0.1) is 11.8 Å². The highest BCUT2D eigenvalue weighted by molar-refractivity contribution is 8.00. The van der Waals surface area contributed by atoms with E-state index in [0.29, 0.717) is 18.0 Å². The van der Waals surface area contributed by atoms with Crippen molar-refractivity contribution in [1.82, 2.24) is 4.90 Å². The molecule has 29 heavy (non-hydrogen) atoms. The molecule has 2 rings (SSSR count). The van der Waals surface area contributed by atoms with Crippen LogP contribution in [0.15, 0.2) is 53.4 Å². The van der Waals surface area contributed by atoms with Crippen molar-refractivity contribution in [2.45, 2.75) is 24.0 Å². The number of rotatable bonds is 9. The Bertz CT molecular complexity index is 873. The lowest BCUT2D eigenvalue weighted by molar-refractivity contribution is -0.384. The number of hydrogen-bond acceptors (Lipinski definition) is 6. The zero-order chi connectivity index (χ0) is 21.4. The van der Waals surface area contributed by atoms with Crippen molar-refractivity contribution in [3.05, 3.63) is 58.6 Å². The Labute approximate surface area is 173 Å². The van der Waals surface area contributed by atoms with Gasteiger partial charge in [0.15, 0.2) is 0 Å². The van der Waals surface area contributed by atoms with Gasteiger partial charge in [0.1, 0.15) is 5.75 Å². The van der Waals surface area contributed by atoms with E-state index >= 15 is 0 Å². The van der Waals surface area contributed by atoms with Crippen molar-refractivity contribution >= 4 is 35.0 Å². The normalized spacial score (nSPS) is 11.4. The molecule has 154 valence electrons. The molecule has 0 heterocycles. The van der Waals surface area contributed by atoms with Gasteiger partial charge in [0.25, 0.3) is 5.69 Å². The second-order valence-electron chi connectivity index (χ2n) is 6.14. The van der Waals surface area contributed by atoms with Crippen LogP contribution in [0.3, 0.4) is 0 Å². The topological polar surface area (TPSA) is 102 Å². The summed E-state index contributed by atoms with van der Waals surface area (Å²) in [6, 6.07) is 13.0. The van der Waals surface area contributed by atoms with Gasteiger partial charge in [-0.3, -0.25) is 19.7 Å². The van der Waals surface area contributed by atoms with Crippen LogP contribution in [-0.2, 0) is 9.59 Å². The Morgan fingerprint density at radius 2 is 1.93 bits per heavy atom. The van der Waals surface area contributed by atoms with Crippen molar-refractivity contribution in [1.29, 1.82) is 0 Å². The molecule has 0 aliphatic heterocycles. The Hall–Kier alpha value is -3.07. The molecule has 0 aliphatic rings. The summed E-state index contributed by atoms with van der Waals surface area (Å²) in [5.41, 5.74) is 0.587. The van der Waals surface area contributed by atoms with E-state index in [1.54, 1.807) is 57.4 Å². The summed E-state index contributed by atoms with van der Waals surface area (Å²) < 4.78 is 5.13. The van der Waals surface area contributed by atoms with Gasteiger partial charge in [0.2, 0.25) is 11.8 Å². The summed E-state index contributed by atoms with van der Waals surface area (Å²) in [5.74, 6) is 0.136. The largest absolute Gasteiger partial charge is 0.497 e. The van der Waals surface area contributed by atoms with Crippen LogP contribution >= 0.6 is 11.8 Å². The maximum absolute atomic E-state index is 12.7. The summed E-state index contributed by atoms with van der Waals surface area (Å²) in [6.45, 7) is 3.87. The zero-order valence-corrected chi connectivity index (χ0v) is 17.3. The highest BCUT2D eigenvalue weighted by Gasteiger charge is 2.22. The minimum atomic E-state index is -0.469. The molecule has 8 nitrogen and oxygen atoms in total. The molecular weight excluding hydrogens is 394 g/mol. The first kappa shape index (κ1) is 22.2. The van der Waals surface area contributed by atoms with Gasteiger partial charge in [-0.05, 0) is 38.1 Å². The van der Waals surface area contributed by atoms with Crippen LogP contribution in [0.1, 0.15) is 13.8 Å². The fourth-order valence-corrected chi connectivity index (χ4v) is 3.53. The number of methoxy groups -OCH3 is 1. The van der Waals surface area contributed by atoms with Crippen LogP contribution in [0.25, 0.3) is 0 Å². The lowest BCUT2D eigenvalue weighted by atomic mass is 10.3. The Morgan fingerprint density at radius 3 is 2.52 bits per heavy atom. The fourth-order valence-electron chi connectivity index (χ4n) is 2.58. The standard InChI is InChI=1S/C20H23N3O5S/c1-4-22(13-19(24)21-15-6-5-7-17(12-15)28-3)20(25)14(2)29-18-10-8-16(9-11-18)23(26)27/h5-12,14H,4,13H2,1-3H3,(H,21,24). The summed E-state index contributed by atoms with van der Waals surface area (Å²) >= 11 is 1.29. The first-order valence-electron chi connectivity index (χ1n) is 8.97. The fraction of sp³-hybridized carbons (Fsp3) is 0.300. The highest BCUT2D eigenvalue weighted by atomic mass is 32.2. The molecule has 1 atom stereocenters. The number of anilines is 1. The SMILES string of the molecule is CCN(CC(=O)Nc1cccc(OC)c1)C(=O)C(C)Sc1ccc([N+](=O)[O-])cc1. The molecule has 0 aromatic heterocycles. The minimum absolute atomic E-state index is 0.00210. The van der Waals surface area contributed by atoms with Crippen molar-refractivity contribution in [3.63, 3.8) is 0 Å². The third-order valence-corrected chi connectivity index (χ3v) is 5.19. The molecule has 0 spiro atoms. The molecule has 1 N–H and O–H groups in total. The van der Waals surface area contributed by atoms with E-state index in [0.717, 1.165) is 4.90 Å². The number of carbonyl (C=O) groups excluding carboxylic acids is 2. The van der Waals surface area contributed by atoms with Crippen molar-refractivity contribution < 1.29 is 19.2 Å². The molecule has 9 heteroatoms. The second kappa shape index (κ2) is 10.5. The van der Waals surface area contributed by atoms with Crippen molar-refractivity contribution in [3.8, 4) is 5.75 Å². The molecule has 2 amide bonds. The third kappa shape index (κ3) is 6.49. The first-order chi connectivity index (χ1) is 13.8.